The predicted molar refractivity (Wildman–Crippen MR) is 308 cm³/mol. The second kappa shape index (κ2) is 16.1. The fraction of sp³-hybridized carbons (Fsp3) is 0.0870. The summed E-state index contributed by atoms with van der Waals surface area (Å²) in [5.41, 5.74) is 20.1. The molecule has 2 aliphatic carbocycles. The van der Waals surface area contributed by atoms with Gasteiger partial charge in [-0.15, -0.1) is 0 Å². The van der Waals surface area contributed by atoms with Gasteiger partial charge >= 0.3 is 0 Å². The Kier molecular flexibility index (Phi) is 9.28. The molecule has 0 N–H and O–H groups in total. The van der Waals surface area contributed by atoms with E-state index in [4.69, 9.17) is 19.9 Å². The van der Waals surface area contributed by atoms with Crippen molar-refractivity contribution >= 4 is 43.6 Å². The first kappa shape index (κ1) is 43.8. The molecule has 0 spiro atoms. The Balaban J connectivity index is 1.02. The Morgan fingerprint density at radius 1 is 0.408 bits per heavy atom. The average molecular weight is 974 g/mol. The molecule has 15 rings (SSSR count). The third-order valence-corrected chi connectivity index (χ3v) is 16.4. The molecule has 0 fully saturated rings. The van der Waals surface area contributed by atoms with Crippen LogP contribution in [0.15, 0.2) is 212 Å². The molecule has 0 atom stereocenters. The van der Waals surface area contributed by atoms with Gasteiger partial charge in [0, 0.05) is 66.5 Å². The van der Waals surface area contributed by atoms with E-state index in [9.17, 15) is 5.26 Å². The molecule has 7 heteroatoms. The van der Waals surface area contributed by atoms with Gasteiger partial charge in [0.05, 0.1) is 39.0 Å². The van der Waals surface area contributed by atoms with Crippen molar-refractivity contribution in [2.24, 2.45) is 0 Å². The van der Waals surface area contributed by atoms with E-state index in [1.165, 1.54) is 60.7 Å². The van der Waals surface area contributed by atoms with Crippen LogP contribution in [0.3, 0.4) is 0 Å². The lowest BCUT2D eigenvalue weighted by Crippen LogP contribution is -2.15. The van der Waals surface area contributed by atoms with Crippen LogP contribution in [0, 0.1) is 11.3 Å². The monoisotopic (exact) mass is 973 g/mol. The van der Waals surface area contributed by atoms with Gasteiger partial charge in [-0.2, -0.15) is 5.26 Å². The first-order chi connectivity index (χ1) is 37.2. The first-order valence-electron chi connectivity index (χ1n) is 25.9. The number of para-hydroxylation sites is 2. The molecule has 0 radical (unpaired) electrons. The van der Waals surface area contributed by atoms with Crippen LogP contribution >= 0.6 is 0 Å². The molecule has 13 aromatic rings. The third kappa shape index (κ3) is 6.16. The van der Waals surface area contributed by atoms with Crippen molar-refractivity contribution in [2.45, 2.75) is 38.5 Å². The van der Waals surface area contributed by atoms with Crippen molar-refractivity contribution in [1.29, 1.82) is 5.26 Å². The smallest absolute Gasteiger partial charge is 0.164 e. The highest BCUT2D eigenvalue weighted by molar-refractivity contribution is 6.16. The molecular formula is C69H47N7. The minimum absolute atomic E-state index is 0.219. The van der Waals surface area contributed by atoms with E-state index in [1.54, 1.807) is 0 Å². The number of hydrogen-bond acceptors (Lipinski definition) is 5. The molecule has 0 unspecified atom stereocenters. The van der Waals surface area contributed by atoms with E-state index in [2.05, 4.69) is 182 Å². The van der Waals surface area contributed by atoms with Crippen LogP contribution in [0.2, 0.25) is 0 Å². The van der Waals surface area contributed by atoms with Crippen LogP contribution in [0.25, 0.3) is 123 Å². The third-order valence-electron chi connectivity index (χ3n) is 16.4. The molecule has 0 amide bonds. The van der Waals surface area contributed by atoms with Gasteiger partial charge in [-0.3, -0.25) is 4.98 Å². The fourth-order valence-corrected chi connectivity index (χ4v) is 13.1. The SMILES string of the molecule is CC1(C)c2ccccc2-c2ccc3c(c21)c1ccccc1n3-c1ccnc(-c2cc(-c3nc(-c4ccccc4)nc(-c4ccccc4)n3)cc(C#N)c2-n2c3ccccc3c3c4c(ccc32)-c2ccccc2C4(C)C)c1. The summed E-state index contributed by atoms with van der Waals surface area (Å²) < 4.78 is 4.69. The zero-order valence-corrected chi connectivity index (χ0v) is 42.3. The Morgan fingerprint density at radius 3 is 1.43 bits per heavy atom. The maximum Gasteiger partial charge on any atom is 0.164 e. The number of benzene rings is 9. The van der Waals surface area contributed by atoms with E-state index in [-0.39, 0.29) is 10.8 Å². The molecule has 0 bridgehead atoms. The molecular weight excluding hydrogens is 927 g/mol. The average Bonchev–Trinajstić information content (AvgIpc) is 4.19. The van der Waals surface area contributed by atoms with Gasteiger partial charge in [-0.1, -0.05) is 185 Å². The normalized spacial score (nSPS) is 13.7. The van der Waals surface area contributed by atoms with Crippen molar-refractivity contribution in [3.8, 4) is 85.1 Å². The number of nitrogens with zero attached hydrogens (tertiary/aromatic N) is 7. The summed E-state index contributed by atoms with van der Waals surface area (Å²) in [5, 5.41) is 16.5. The van der Waals surface area contributed by atoms with Gasteiger partial charge in [0.2, 0.25) is 0 Å². The summed E-state index contributed by atoms with van der Waals surface area (Å²) >= 11 is 0. The Labute approximate surface area is 439 Å². The van der Waals surface area contributed by atoms with E-state index >= 15 is 0 Å². The van der Waals surface area contributed by atoms with Gasteiger partial charge in [0.15, 0.2) is 17.5 Å². The summed E-state index contributed by atoms with van der Waals surface area (Å²) in [7, 11) is 0. The lowest BCUT2D eigenvalue weighted by atomic mass is 9.80. The zero-order chi connectivity index (χ0) is 51.0. The summed E-state index contributed by atoms with van der Waals surface area (Å²) in [5.74, 6) is 1.53. The molecule has 7 nitrogen and oxygen atoms in total. The van der Waals surface area contributed by atoms with Crippen LogP contribution in [0.1, 0.15) is 55.5 Å². The Bertz CT molecular complexity index is 4590. The first-order valence-corrected chi connectivity index (χ1v) is 25.9. The molecule has 2 aliphatic rings. The van der Waals surface area contributed by atoms with E-state index in [0.29, 0.717) is 34.3 Å². The predicted octanol–water partition coefficient (Wildman–Crippen LogP) is 16.6. The van der Waals surface area contributed by atoms with Crippen molar-refractivity contribution in [3.63, 3.8) is 0 Å². The summed E-state index contributed by atoms with van der Waals surface area (Å²) in [4.78, 5) is 20.7. The molecule has 4 aromatic heterocycles. The van der Waals surface area contributed by atoms with E-state index in [0.717, 1.165) is 55.5 Å². The standard InChI is InChI=1S/C69H47N7/c1-68(2)53-27-15-11-23-46(53)48-31-33-58-60(62(48)68)50-25-13-17-29-56(50)75(58)45-35-36-71-55(39-45)52-38-43(67-73-65(41-19-7-5-8-20-41)72-66(74-67)42-21-9-6-10-22-42)37-44(40-70)64(52)76-57-30-18-14-26-51(57)61-59(76)34-32-49-47-24-12-16-28-54(47)69(3,4)63(49)61/h5-39H,1-4H3. The second-order valence-corrected chi connectivity index (χ2v) is 21.3. The molecule has 4 heterocycles. The topological polar surface area (TPSA) is 85.2 Å². The molecule has 76 heavy (non-hydrogen) atoms. The van der Waals surface area contributed by atoms with Gasteiger partial charge in [0.25, 0.3) is 0 Å². The molecule has 0 aliphatic heterocycles. The van der Waals surface area contributed by atoms with E-state index in [1.807, 2.05) is 72.9 Å². The number of pyridine rings is 1. The largest absolute Gasteiger partial charge is 0.309 e. The molecule has 0 saturated carbocycles. The van der Waals surface area contributed by atoms with Crippen LogP contribution in [-0.4, -0.2) is 29.1 Å². The quantitative estimate of drug-likeness (QED) is 0.166. The second-order valence-electron chi connectivity index (χ2n) is 21.3. The van der Waals surface area contributed by atoms with Gasteiger partial charge < -0.3 is 9.13 Å². The van der Waals surface area contributed by atoms with Crippen LogP contribution in [-0.2, 0) is 10.8 Å². The highest BCUT2D eigenvalue weighted by atomic mass is 15.0. The van der Waals surface area contributed by atoms with Crippen molar-refractivity contribution < 1.29 is 0 Å². The minimum Gasteiger partial charge on any atom is -0.309 e. The number of nitriles is 1. The molecule has 9 aromatic carbocycles. The Hall–Kier alpha value is -9.77. The van der Waals surface area contributed by atoms with Gasteiger partial charge in [0.1, 0.15) is 6.07 Å². The Morgan fingerprint density at radius 2 is 0.882 bits per heavy atom. The van der Waals surface area contributed by atoms with Crippen LogP contribution in [0.4, 0.5) is 0 Å². The van der Waals surface area contributed by atoms with Crippen molar-refractivity contribution in [1.82, 2.24) is 29.1 Å². The molecule has 0 saturated heterocycles. The highest BCUT2D eigenvalue weighted by Gasteiger charge is 2.40. The zero-order valence-electron chi connectivity index (χ0n) is 42.3. The number of fused-ring (bicyclic) bond motifs is 14. The van der Waals surface area contributed by atoms with Crippen molar-refractivity contribution in [3.05, 3.63) is 240 Å². The number of rotatable bonds is 6. The van der Waals surface area contributed by atoms with Crippen LogP contribution < -0.4 is 0 Å². The van der Waals surface area contributed by atoms with Gasteiger partial charge in [-0.25, -0.2) is 15.0 Å². The van der Waals surface area contributed by atoms with Crippen molar-refractivity contribution in [2.75, 3.05) is 0 Å². The fourth-order valence-electron chi connectivity index (χ4n) is 13.1. The van der Waals surface area contributed by atoms with E-state index < -0.39 is 0 Å². The summed E-state index contributed by atoms with van der Waals surface area (Å²) in [6.07, 6.45) is 1.91. The lowest BCUT2D eigenvalue weighted by molar-refractivity contribution is 0.666. The summed E-state index contributed by atoms with van der Waals surface area (Å²) in [6.45, 7) is 9.39. The maximum atomic E-state index is 11.7. The number of hydrogen-bond donors (Lipinski definition) is 0. The van der Waals surface area contributed by atoms with Crippen LogP contribution in [0.5, 0.6) is 0 Å². The van der Waals surface area contributed by atoms with Gasteiger partial charge in [-0.05, 0) is 93.0 Å². The lowest BCUT2D eigenvalue weighted by Gasteiger charge is -2.23. The molecule has 358 valence electrons. The maximum absolute atomic E-state index is 11.7. The minimum atomic E-state index is -0.285. The highest BCUT2D eigenvalue weighted by Crippen LogP contribution is 2.55. The number of aromatic nitrogens is 6. The summed E-state index contributed by atoms with van der Waals surface area (Å²) in [6, 6.07) is 75.2.